The number of H-pyrrole nitrogens is 1. The Morgan fingerprint density at radius 2 is 1.75 bits per heavy atom. The summed E-state index contributed by atoms with van der Waals surface area (Å²) in [5.74, 6) is 1.70. The van der Waals surface area contributed by atoms with Gasteiger partial charge in [-0.15, -0.1) is 0 Å². The molecule has 0 atom stereocenters. The van der Waals surface area contributed by atoms with Gasteiger partial charge in [0.1, 0.15) is 5.75 Å². The largest absolute Gasteiger partial charge is 0.495 e. The van der Waals surface area contributed by atoms with Crippen LogP contribution in [0.3, 0.4) is 0 Å². The summed E-state index contributed by atoms with van der Waals surface area (Å²) in [6.45, 7) is 2.10. The zero-order chi connectivity index (χ0) is 13.9. The van der Waals surface area contributed by atoms with E-state index in [-0.39, 0.29) is 0 Å². The van der Waals surface area contributed by atoms with Crippen LogP contribution in [0.25, 0.3) is 11.3 Å². The lowest BCUT2D eigenvalue weighted by Gasteiger charge is -2.22. The second-order valence-electron chi connectivity index (χ2n) is 5.81. The van der Waals surface area contributed by atoms with Crippen molar-refractivity contribution in [2.45, 2.75) is 44.9 Å². The van der Waals surface area contributed by atoms with Gasteiger partial charge in [0.15, 0.2) is 0 Å². The van der Waals surface area contributed by atoms with Gasteiger partial charge >= 0.3 is 0 Å². The van der Waals surface area contributed by atoms with E-state index in [1.165, 1.54) is 48.8 Å². The van der Waals surface area contributed by atoms with Crippen LogP contribution in [-0.4, -0.2) is 12.1 Å². The zero-order valence-corrected chi connectivity index (χ0v) is 12.4. The lowest BCUT2D eigenvalue weighted by Crippen LogP contribution is -2.04. The zero-order valence-electron chi connectivity index (χ0n) is 12.4. The molecule has 1 heterocycles. The number of benzene rings is 1. The number of rotatable bonds is 3. The first kappa shape index (κ1) is 13.3. The quantitative estimate of drug-likeness (QED) is 0.829. The fraction of sp³-hybridized carbons (Fsp3) is 0.444. The maximum Gasteiger partial charge on any atom is 0.139 e. The van der Waals surface area contributed by atoms with E-state index in [1.807, 2.05) is 6.20 Å². The molecule has 1 aromatic heterocycles. The predicted octanol–water partition coefficient (Wildman–Crippen LogP) is 5.05. The molecule has 1 fully saturated rings. The Kier molecular flexibility index (Phi) is 3.81. The number of methoxy groups -OCH3 is 1. The first-order valence-electron chi connectivity index (χ1n) is 7.62. The molecule has 1 aliphatic rings. The molecule has 20 heavy (non-hydrogen) atoms. The standard InChI is InChI=1S/C18H23NO/c1-13-17(20-2)12-19-18(13)16-10-8-15(9-11-16)14-6-4-3-5-7-14/h8-12,14,19H,3-7H2,1-2H3. The minimum atomic E-state index is 0.775. The van der Waals surface area contributed by atoms with Gasteiger partial charge in [-0.05, 0) is 36.8 Å². The van der Waals surface area contributed by atoms with Gasteiger partial charge in [-0.2, -0.15) is 0 Å². The molecule has 1 aliphatic carbocycles. The normalized spacial score (nSPS) is 16.3. The van der Waals surface area contributed by atoms with Crippen molar-refractivity contribution in [3.63, 3.8) is 0 Å². The lowest BCUT2D eigenvalue weighted by molar-refractivity contribution is 0.412. The molecule has 0 spiro atoms. The van der Waals surface area contributed by atoms with E-state index >= 15 is 0 Å². The number of hydrogen-bond acceptors (Lipinski definition) is 1. The van der Waals surface area contributed by atoms with Crippen molar-refractivity contribution < 1.29 is 4.74 Å². The number of aromatic nitrogens is 1. The second-order valence-corrected chi connectivity index (χ2v) is 5.81. The van der Waals surface area contributed by atoms with Crippen molar-refractivity contribution in [2.24, 2.45) is 0 Å². The summed E-state index contributed by atoms with van der Waals surface area (Å²) >= 11 is 0. The molecule has 0 saturated heterocycles. The summed E-state index contributed by atoms with van der Waals surface area (Å²) in [6.07, 6.45) is 8.83. The van der Waals surface area contributed by atoms with Crippen LogP contribution in [0, 0.1) is 6.92 Å². The fourth-order valence-electron chi connectivity index (χ4n) is 3.35. The topological polar surface area (TPSA) is 25.0 Å². The molecular weight excluding hydrogens is 246 g/mol. The molecule has 1 aromatic carbocycles. The van der Waals surface area contributed by atoms with E-state index in [4.69, 9.17) is 4.74 Å². The van der Waals surface area contributed by atoms with E-state index in [9.17, 15) is 0 Å². The third-order valence-electron chi connectivity index (χ3n) is 4.59. The van der Waals surface area contributed by atoms with Crippen LogP contribution in [0.2, 0.25) is 0 Å². The van der Waals surface area contributed by atoms with Gasteiger partial charge < -0.3 is 9.72 Å². The van der Waals surface area contributed by atoms with Gasteiger partial charge in [0.05, 0.1) is 12.8 Å². The van der Waals surface area contributed by atoms with Crippen LogP contribution in [0.1, 0.15) is 49.1 Å². The first-order chi connectivity index (χ1) is 9.79. The Morgan fingerprint density at radius 3 is 2.35 bits per heavy atom. The van der Waals surface area contributed by atoms with E-state index in [2.05, 4.69) is 36.2 Å². The van der Waals surface area contributed by atoms with Crippen molar-refractivity contribution in [2.75, 3.05) is 7.11 Å². The SMILES string of the molecule is COc1c[nH]c(-c2ccc(C3CCCCC3)cc2)c1C. The summed E-state index contributed by atoms with van der Waals surface area (Å²) in [7, 11) is 1.71. The maximum absolute atomic E-state index is 5.33. The molecule has 2 heteroatoms. The predicted molar refractivity (Wildman–Crippen MR) is 83.3 cm³/mol. The van der Waals surface area contributed by atoms with Crippen LogP contribution in [-0.2, 0) is 0 Å². The third-order valence-corrected chi connectivity index (χ3v) is 4.59. The van der Waals surface area contributed by atoms with Gasteiger partial charge in [0, 0.05) is 11.8 Å². The molecule has 0 unspecified atom stereocenters. The van der Waals surface area contributed by atoms with Crippen molar-refractivity contribution in [3.8, 4) is 17.0 Å². The van der Waals surface area contributed by atoms with Crippen LogP contribution in [0.5, 0.6) is 5.75 Å². The molecule has 0 amide bonds. The van der Waals surface area contributed by atoms with Crippen molar-refractivity contribution in [1.82, 2.24) is 4.98 Å². The molecule has 0 bridgehead atoms. The monoisotopic (exact) mass is 269 g/mol. The van der Waals surface area contributed by atoms with E-state index in [1.54, 1.807) is 7.11 Å². The molecule has 0 radical (unpaired) electrons. The summed E-state index contributed by atoms with van der Waals surface area (Å²) in [5.41, 5.74) is 5.09. The molecule has 2 nitrogen and oxygen atoms in total. The Labute approximate surface area is 121 Å². The summed E-state index contributed by atoms with van der Waals surface area (Å²) in [4.78, 5) is 3.32. The van der Waals surface area contributed by atoms with Crippen molar-refractivity contribution in [3.05, 3.63) is 41.6 Å². The third kappa shape index (κ3) is 2.47. The molecule has 3 rings (SSSR count). The highest BCUT2D eigenvalue weighted by Crippen LogP contribution is 2.34. The molecule has 2 aromatic rings. The molecule has 106 valence electrons. The highest BCUT2D eigenvalue weighted by Gasteiger charge is 2.16. The smallest absolute Gasteiger partial charge is 0.139 e. The van der Waals surface area contributed by atoms with E-state index < -0.39 is 0 Å². The van der Waals surface area contributed by atoms with E-state index in [0.717, 1.165) is 17.4 Å². The number of hydrogen-bond donors (Lipinski definition) is 1. The maximum atomic E-state index is 5.33. The Balaban J connectivity index is 1.83. The number of nitrogens with one attached hydrogen (secondary N) is 1. The Hall–Kier alpha value is -1.70. The lowest BCUT2D eigenvalue weighted by atomic mass is 9.84. The summed E-state index contributed by atoms with van der Waals surface area (Å²) < 4.78 is 5.33. The molecular formula is C18H23NO. The Morgan fingerprint density at radius 1 is 1.05 bits per heavy atom. The average molecular weight is 269 g/mol. The van der Waals surface area contributed by atoms with Gasteiger partial charge in [-0.1, -0.05) is 43.5 Å². The fourth-order valence-corrected chi connectivity index (χ4v) is 3.35. The Bertz CT molecular complexity index is 562. The molecule has 0 aliphatic heterocycles. The number of ether oxygens (including phenoxy) is 1. The van der Waals surface area contributed by atoms with Crippen LogP contribution in [0.15, 0.2) is 30.5 Å². The average Bonchev–Trinajstić information content (AvgIpc) is 2.89. The van der Waals surface area contributed by atoms with Gasteiger partial charge in [0.2, 0.25) is 0 Å². The van der Waals surface area contributed by atoms with E-state index in [0.29, 0.717) is 0 Å². The van der Waals surface area contributed by atoms with Gasteiger partial charge in [-0.3, -0.25) is 0 Å². The minimum absolute atomic E-state index is 0.775. The molecule has 1 saturated carbocycles. The van der Waals surface area contributed by atoms with Gasteiger partial charge in [0.25, 0.3) is 0 Å². The van der Waals surface area contributed by atoms with Gasteiger partial charge in [-0.25, -0.2) is 0 Å². The first-order valence-corrected chi connectivity index (χ1v) is 7.62. The van der Waals surface area contributed by atoms with Crippen LogP contribution < -0.4 is 4.74 Å². The summed E-state index contributed by atoms with van der Waals surface area (Å²) in [5, 5.41) is 0. The highest BCUT2D eigenvalue weighted by molar-refractivity contribution is 5.66. The van der Waals surface area contributed by atoms with Crippen molar-refractivity contribution >= 4 is 0 Å². The summed E-state index contributed by atoms with van der Waals surface area (Å²) in [6, 6.07) is 9.08. The van der Waals surface area contributed by atoms with Crippen molar-refractivity contribution in [1.29, 1.82) is 0 Å². The second kappa shape index (κ2) is 5.74. The number of aromatic amines is 1. The van der Waals surface area contributed by atoms with Crippen LogP contribution >= 0.6 is 0 Å². The molecule has 1 N–H and O–H groups in total. The highest BCUT2D eigenvalue weighted by atomic mass is 16.5. The minimum Gasteiger partial charge on any atom is -0.495 e. The van der Waals surface area contributed by atoms with Crippen LogP contribution in [0.4, 0.5) is 0 Å².